The van der Waals surface area contributed by atoms with E-state index in [1.54, 1.807) is 17.1 Å². The number of hydrogen-bond donors (Lipinski definition) is 2. The van der Waals surface area contributed by atoms with E-state index in [0.29, 0.717) is 29.5 Å². The monoisotopic (exact) mass is 365 g/mol. The fourth-order valence-corrected chi connectivity index (χ4v) is 2.92. The summed E-state index contributed by atoms with van der Waals surface area (Å²) in [7, 11) is 0. The van der Waals surface area contributed by atoms with Crippen LogP contribution in [0.5, 0.6) is 0 Å². The molecule has 0 aliphatic carbocycles. The number of carbonyl (C=O) groups is 1. The highest BCUT2D eigenvalue weighted by Crippen LogP contribution is 2.16. The number of aromatic amines is 1. The van der Waals surface area contributed by atoms with Crippen molar-refractivity contribution in [3.63, 3.8) is 0 Å². The number of H-pyrrole nitrogens is 1. The summed E-state index contributed by atoms with van der Waals surface area (Å²) in [5, 5.41) is 7.77. The molecule has 0 fully saturated rings. The highest BCUT2D eigenvalue weighted by molar-refractivity contribution is 6.31. The van der Waals surface area contributed by atoms with E-state index < -0.39 is 0 Å². The van der Waals surface area contributed by atoms with Gasteiger partial charge in [-0.15, -0.1) is 0 Å². The molecule has 4 aromatic rings. The predicted molar refractivity (Wildman–Crippen MR) is 100 cm³/mol. The summed E-state index contributed by atoms with van der Waals surface area (Å²) in [5.74, 6) is 0.513. The van der Waals surface area contributed by atoms with Gasteiger partial charge in [0.15, 0.2) is 0 Å². The van der Waals surface area contributed by atoms with Gasteiger partial charge in [-0.1, -0.05) is 41.9 Å². The molecule has 130 valence electrons. The van der Waals surface area contributed by atoms with Gasteiger partial charge in [-0.2, -0.15) is 5.10 Å². The van der Waals surface area contributed by atoms with Crippen molar-refractivity contribution in [2.75, 3.05) is 0 Å². The normalized spacial score (nSPS) is 11.0. The first-order valence-electron chi connectivity index (χ1n) is 8.17. The van der Waals surface area contributed by atoms with Gasteiger partial charge in [-0.3, -0.25) is 9.48 Å². The fraction of sp³-hybridized carbons (Fsp3) is 0.105. The zero-order valence-corrected chi connectivity index (χ0v) is 14.6. The summed E-state index contributed by atoms with van der Waals surface area (Å²) in [6.07, 6.45) is 3.25. The zero-order valence-electron chi connectivity index (χ0n) is 13.8. The van der Waals surface area contributed by atoms with Crippen molar-refractivity contribution < 1.29 is 4.79 Å². The van der Waals surface area contributed by atoms with Crippen molar-refractivity contribution in [3.05, 3.63) is 82.9 Å². The molecule has 26 heavy (non-hydrogen) atoms. The fourth-order valence-electron chi connectivity index (χ4n) is 2.72. The van der Waals surface area contributed by atoms with Crippen molar-refractivity contribution >= 4 is 28.5 Å². The second kappa shape index (κ2) is 7.01. The van der Waals surface area contributed by atoms with Crippen LogP contribution in [0.2, 0.25) is 5.02 Å². The number of halogens is 1. The minimum absolute atomic E-state index is 0.198. The molecule has 0 aliphatic heterocycles. The first-order chi connectivity index (χ1) is 12.7. The lowest BCUT2D eigenvalue weighted by Crippen LogP contribution is -2.23. The molecule has 2 aromatic carbocycles. The van der Waals surface area contributed by atoms with Crippen LogP contribution < -0.4 is 5.32 Å². The molecule has 0 aliphatic rings. The summed E-state index contributed by atoms with van der Waals surface area (Å²) in [5.41, 5.74) is 3.27. The Morgan fingerprint density at radius 3 is 2.81 bits per heavy atom. The first kappa shape index (κ1) is 16.4. The van der Waals surface area contributed by atoms with Crippen LogP contribution in [0, 0.1) is 0 Å². The van der Waals surface area contributed by atoms with Crippen LogP contribution in [0.1, 0.15) is 21.7 Å². The Morgan fingerprint density at radius 1 is 1.15 bits per heavy atom. The molecule has 2 N–H and O–H groups in total. The lowest BCUT2D eigenvalue weighted by molar-refractivity contribution is 0.0950. The molecule has 0 bridgehead atoms. The Hall–Kier alpha value is -3.12. The molecule has 4 rings (SSSR count). The van der Waals surface area contributed by atoms with Crippen LogP contribution in [-0.2, 0) is 13.1 Å². The number of para-hydroxylation sites is 2. The quantitative estimate of drug-likeness (QED) is 0.569. The van der Waals surface area contributed by atoms with Crippen molar-refractivity contribution in [3.8, 4) is 0 Å². The molecule has 0 saturated carbocycles. The Kier molecular flexibility index (Phi) is 4.41. The second-order valence-corrected chi connectivity index (χ2v) is 6.31. The summed E-state index contributed by atoms with van der Waals surface area (Å²) < 4.78 is 1.69. The van der Waals surface area contributed by atoms with Crippen LogP contribution in [0.4, 0.5) is 0 Å². The molecule has 0 saturated heterocycles. The first-order valence-corrected chi connectivity index (χ1v) is 8.54. The van der Waals surface area contributed by atoms with Gasteiger partial charge < -0.3 is 10.3 Å². The maximum atomic E-state index is 12.3. The summed E-state index contributed by atoms with van der Waals surface area (Å²) in [6.45, 7) is 0.833. The van der Waals surface area contributed by atoms with E-state index in [1.165, 1.54) is 0 Å². The van der Waals surface area contributed by atoms with Gasteiger partial charge in [-0.05, 0) is 23.8 Å². The Balaban J connectivity index is 1.40. The van der Waals surface area contributed by atoms with Crippen LogP contribution in [0.25, 0.3) is 11.0 Å². The molecular formula is C19H16ClN5O. The summed E-state index contributed by atoms with van der Waals surface area (Å²) in [4.78, 5) is 20.0. The number of amides is 1. The van der Waals surface area contributed by atoms with Gasteiger partial charge in [0, 0.05) is 11.2 Å². The summed E-state index contributed by atoms with van der Waals surface area (Å²) in [6, 6.07) is 15.3. The van der Waals surface area contributed by atoms with Crippen LogP contribution >= 0.6 is 11.6 Å². The topological polar surface area (TPSA) is 75.6 Å². The predicted octanol–water partition coefficient (Wildman–Crippen LogP) is 3.39. The molecule has 1 amide bonds. The third-order valence-electron chi connectivity index (χ3n) is 4.04. The van der Waals surface area contributed by atoms with Gasteiger partial charge in [0.2, 0.25) is 0 Å². The van der Waals surface area contributed by atoms with E-state index in [0.717, 1.165) is 16.6 Å². The Morgan fingerprint density at radius 2 is 1.96 bits per heavy atom. The Labute approximate surface area is 154 Å². The number of hydrogen-bond acceptors (Lipinski definition) is 3. The number of nitrogens with zero attached hydrogens (tertiary/aromatic N) is 3. The lowest BCUT2D eigenvalue weighted by atomic mass is 10.2. The largest absolute Gasteiger partial charge is 0.345 e. The number of imidazole rings is 1. The molecule has 2 aromatic heterocycles. The molecule has 0 atom stereocenters. The Bertz CT molecular complexity index is 1040. The van der Waals surface area contributed by atoms with E-state index in [9.17, 15) is 4.79 Å². The third kappa shape index (κ3) is 3.45. The average molecular weight is 366 g/mol. The summed E-state index contributed by atoms with van der Waals surface area (Å²) >= 11 is 6.16. The molecule has 0 spiro atoms. The van der Waals surface area contributed by atoms with Crippen LogP contribution in [0.3, 0.4) is 0 Å². The van der Waals surface area contributed by atoms with Gasteiger partial charge >= 0.3 is 0 Å². The minimum atomic E-state index is -0.198. The average Bonchev–Trinajstić information content (AvgIpc) is 3.28. The molecule has 7 heteroatoms. The van der Waals surface area contributed by atoms with Crippen molar-refractivity contribution in [2.24, 2.45) is 0 Å². The molecular weight excluding hydrogens is 350 g/mol. The SMILES string of the molecule is O=C(NCc1nc2ccccc2[nH]1)c1cnn(Cc2ccccc2Cl)c1. The lowest BCUT2D eigenvalue weighted by Gasteiger charge is -2.04. The van der Waals surface area contributed by atoms with Crippen molar-refractivity contribution in [1.29, 1.82) is 0 Å². The van der Waals surface area contributed by atoms with Crippen LogP contribution in [0.15, 0.2) is 60.9 Å². The number of rotatable bonds is 5. The standard InChI is InChI=1S/C19H16ClN5O/c20-15-6-2-1-5-13(15)11-25-12-14(9-22-25)19(26)21-10-18-23-16-7-3-4-8-17(16)24-18/h1-9,12H,10-11H2,(H,21,26)(H,23,24). The highest BCUT2D eigenvalue weighted by atomic mass is 35.5. The molecule has 6 nitrogen and oxygen atoms in total. The highest BCUT2D eigenvalue weighted by Gasteiger charge is 2.10. The van der Waals surface area contributed by atoms with Gasteiger partial charge in [0.05, 0.1) is 35.9 Å². The van der Waals surface area contributed by atoms with Crippen molar-refractivity contribution in [1.82, 2.24) is 25.1 Å². The van der Waals surface area contributed by atoms with E-state index in [2.05, 4.69) is 20.4 Å². The maximum absolute atomic E-state index is 12.3. The number of aromatic nitrogens is 4. The molecule has 0 unspecified atom stereocenters. The van der Waals surface area contributed by atoms with E-state index in [1.807, 2.05) is 48.5 Å². The maximum Gasteiger partial charge on any atom is 0.254 e. The molecule has 0 radical (unpaired) electrons. The van der Waals surface area contributed by atoms with E-state index in [-0.39, 0.29) is 5.91 Å². The van der Waals surface area contributed by atoms with E-state index >= 15 is 0 Å². The smallest absolute Gasteiger partial charge is 0.254 e. The third-order valence-corrected chi connectivity index (χ3v) is 4.41. The van der Waals surface area contributed by atoms with Crippen molar-refractivity contribution in [2.45, 2.75) is 13.1 Å². The minimum Gasteiger partial charge on any atom is -0.345 e. The van der Waals surface area contributed by atoms with Gasteiger partial charge in [-0.25, -0.2) is 4.98 Å². The number of benzene rings is 2. The van der Waals surface area contributed by atoms with Gasteiger partial charge in [0.1, 0.15) is 5.82 Å². The van der Waals surface area contributed by atoms with Gasteiger partial charge in [0.25, 0.3) is 5.91 Å². The number of fused-ring (bicyclic) bond motifs is 1. The number of nitrogens with one attached hydrogen (secondary N) is 2. The zero-order chi connectivity index (χ0) is 17.9. The van der Waals surface area contributed by atoms with E-state index in [4.69, 9.17) is 11.6 Å². The second-order valence-electron chi connectivity index (χ2n) is 5.90. The number of carbonyl (C=O) groups excluding carboxylic acids is 1. The van der Waals surface area contributed by atoms with Crippen LogP contribution in [-0.4, -0.2) is 25.7 Å². The molecule has 2 heterocycles.